The number of hydrogen-bond acceptors (Lipinski definition) is 5. The van der Waals surface area contributed by atoms with Gasteiger partial charge in [-0.3, -0.25) is 0 Å². The Kier molecular flexibility index (Phi) is 5.75. The molecule has 2 aliphatic rings. The van der Waals surface area contributed by atoms with Gasteiger partial charge in [0.1, 0.15) is 0 Å². The first-order chi connectivity index (χ1) is 17.5. The van der Waals surface area contributed by atoms with Gasteiger partial charge in [0.25, 0.3) is 5.89 Å². The van der Waals surface area contributed by atoms with Crippen molar-refractivity contribution in [3.63, 3.8) is 0 Å². The number of azo groups is 1. The average Bonchev–Trinajstić information content (AvgIpc) is 3.37. The summed E-state index contributed by atoms with van der Waals surface area (Å²) in [6.07, 6.45) is 2.49. The second-order valence-electron chi connectivity index (χ2n) is 9.08. The summed E-state index contributed by atoms with van der Waals surface area (Å²) in [5.74, 6) is 0.923. The highest BCUT2D eigenvalue weighted by Gasteiger charge is 2.54. The number of aromatic nitrogens is 2. The van der Waals surface area contributed by atoms with Crippen molar-refractivity contribution < 1.29 is 4.42 Å². The number of nitrogens with zero attached hydrogens (tertiary/aromatic N) is 4. The fourth-order valence-corrected chi connectivity index (χ4v) is 5.55. The minimum atomic E-state index is -1.12. The van der Waals surface area contributed by atoms with E-state index < -0.39 is 5.54 Å². The van der Waals surface area contributed by atoms with E-state index in [1.807, 2.05) is 72.8 Å². The van der Waals surface area contributed by atoms with Crippen LogP contribution in [0.2, 0.25) is 15.1 Å². The minimum Gasteiger partial charge on any atom is -0.421 e. The predicted octanol–water partition coefficient (Wildman–Crippen LogP) is 8.64. The second kappa shape index (κ2) is 8.84. The van der Waals surface area contributed by atoms with E-state index in [1.54, 1.807) is 0 Å². The van der Waals surface area contributed by atoms with Gasteiger partial charge in [-0.25, -0.2) is 0 Å². The monoisotopic (exact) mass is 534 g/mol. The highest BCUT2D eigenvalue weighted by Crippen LogP contribution is 2.56. The van der Waals surface area contributed by atoms with Crippen molar-refractivity contribution in [3.8, 4) is 0 Å². The molecule has 1 unspecified atom stereocenters. The van der Waals surface area contributed by atoms with Crippen molar-refractivity contribution in [3.05, 3.63) is 122 Å². The summed E-state index contributed by atoms with van der Waals surface area (Å²) in [6, 6.07) is 23.0. The molecule has 0 N–H and O–H groups in total. The third-order valence-electron chi connectivity index (χ3n) is 7.05. The van der Waals surface area contributed by atoms with Crippen molar-refractivity contribution in [1.29, 1.82) is 0 Å². The first kappa shape index (κ1) is 23.4. The van der Waals surface area contributed by atoms with Crippen LogP contribution in [-0.4, -0.2) is 10.2 Å². The lowest BCUT2D eigenvalue weighted by molar-refractivity contribution is 0.372. The van der Waals surface area contributed by atoms with Crippen LogP contribution in [0.3, 0.4) is 0 Å². The van der Waals surface area contributed by atoms with E-state index in [4.69, 9.17) is 44.3 Å². The number of rotatable bonds is 6. The molecule has 0 radical (unpaired) electrons. The maximum absolute atomic E-state index is 6.76. The van der Waals surface area contributed by atoms with Gasteiger partial charge in [-0.05, 0) is 55.2 Å². The Labute approximate surface area is 223 Å². The average molecular weight is 536 g/mol. The third kappa shape index (κ3) is 3.61. The van der Waals surface area contributed by atoms with Crippen LogP contribution in [0, 0.1) is 0 Å². The summed E-state index contributed by atoms with van der Waals surface area (Å²) in [4.78, 5) is 0. The number of hydrogen-bond donors (Lipinski definition) is 0. The first-order valence-corrected chi connectivity index (χ1v) is 12.9. The zero-order valence-electron chi connectivity index (χ0n) is 19.4. The molecule has 8 heteroatoms. The van der Waals surface area contributed by atoms with Gasteiger partial charge >= 0.3 is 0 Å². The highest BCUT2D eigenvalue weighted by molar-refractivity contribution is 6.31. The molecule has 1 aromatic heterocycles. The Hall–Kier alpha value is -2.99. The topological polar surface area (TPSA) is 63.6 Å². The van der Waals surface area contributed by atoms with Crippen LogP contribution < -0.4 is 0 Å². The lowest BCUT2D eigenvalue weighted by Gasteiger charge is -2.26. The Morgan fingerprint density at radius 1 is 0.806 bits per heavy atom. The van der Waals surface area contributed by atoms with E-state index in [9.17, 15) is 0 Å². The van der Waals surface area contributed by atoms with Gasteiger partial charge in [-0.15, -0.1) is 10.2 Å². The van der Waals surface area contributed by atoms with Crippen LogP contribution in [0.4, 0.5) is 0 Å². The van der Waals surface area contributed by atoms with E-state index in [-0.39, 0.29) is 5.41 Å². The molecule has 0 spiro atoms. The van der Waals surface area contributed by atoms with Gasteiger partial charge < -0.3 is 4.42 Å². The lowest BCUT2D eigenvalue weighted by atomic mass is 9.80. The first-order valence-electron chi connectivity index (χ1n) is 11.8. The van der Waals surface area contributed by atoms with Crippen molar-refractivity contribution >= 4 is 40.5 Å². The van der Waals surface area contributed by atoms with E-state index in [1.165, 1.54) is 0 Å². The standard InChI is InChI=1S/C28H21Cl3N4O/c1-2-21-24(17-7-11-19(29)12-8-17)32-35-28(21,22-5-3-4-6-23(22)31)26-34-33-25(36-26)27(15-16-27)18-9-13-20(30)14-10-18/h3-14H,2,15-16H2,1H3. The smallest absolute Gasteiger partial charge is 0.254 e. The Morgan fingerprint density at radius 3 is 2.08 bits per heavy atom. The number of benzene rings is 3. The van der Waals surface area contributed by atoms with Crippen LogP contribution >= 0.6 is 34.8 Å². The van der Waals surface area contributed by atoms with Gasteiger partial charge in [0, 0.05) is 31.8 Å². The Bertz CT molecular complexity index is 1500. The molecule has 1 aliphatic heterocycles. The summed E-state index contributed by atoms with van der Waals surface area (Å²) >= 11 is 19.0. The van der Waals surface area contributed by atoms with E-state index >= 15 is 0 Å². The fraction of sp³-hybridized carbons (Fsp3) is 0.214. The molecule has 4 aromatic rings. The summed E-state index contributed by atoms with van der Waals surface area (Å²) in [5, 5.41) is 20.5. The van der Waals surface area contributed by atoms with Crippen LogP contribution in [0.5, 0.6) is 0 Å². The molecule has 2 heterocycles. The molecule has 0 saturated heterocycles. The molecule has 6 rings (SSSR count). The maximum atomic E-state index is 6.76. The molecule has 1 atom stereocenters. The van der Waals surface area contributed by atoms with Crippen molar-refractivity contribution in [2.24, 2.45) is 10.2 Å². The van der Waals surface area contributed by atoms with Crippen LogP contribution in [0.15, 0.2) is 93.0 Å². The third-order valence-corrected chi connectivity index (χ3v) is 7.88. The van der Waals surface area contributed by atoms with Crippen molar-refractivity contribution in [1.82, 2.24) is 10.2 Å². The highest BCUT2D eigenvalue weighted by atomic mass is 35.5. The van der Waals surface area contributed by atoms with Gasteiger partial charge in [0.05, 0.1) is 11.1 Å². The minimum absolute atomic E-state index is 0.317. The van der Waals surface area contributed by atoms with Gasteiger partial charge in [0.2, 0.25) is 11.4 Å². The normalized spacial score (nSPS) is 20.2. The molecule has 1 aliphatic carbocycles. The molecule has 180 valence electrons. The largest absolute Gasteiger partial charge is 0.421 e. The molecule has 1 fully saturated rings. The fourth-order valence-electron chi connectivity index (χ4n) is 5.02. The summed E-state index contributed by atoms with van der Waals surface area (Å²) in [7, 11) is 0. The van der Waals surface area contributed by atoms with Crippen molar-refractivity contribution in [2.75, 3.05) is 0 Å². The van der Waals surface area contributed by atoms with Crippen LogP contribution in [-0.2, 0) is 11.0 Å². The van der Waals surface area contributed by atoms with Gasteiger partial charge in [-0.2, -0.15) is 10.2 Å². The Morgan fingerprint density at radius 2 is 1.44 bits per heavy atom. The van der Waals surface area contributed by atoms with Crippen molar-refractivity contribution in [2.45, 2.75) is 37.1 Å². The predicted molar refractivity (Wildman–Crippen MR) is 142 cm³/mol. The van der Waals surface area contributed by atoms with E-state index in [2.05, 4.69) is 22.2 Å². The molecule has 3 aromatic carbocycles. The van der Waals surface area contributed by atoms with Crippen LogP contribution in [0.1, 0.15) is 54.7 Å². The molecule has 5 nitrogen and oxygen atoms in total. The summed E-state index contributed by atoms with van der Waals surface area (Å²) in [6.45, 7) is 2.07. The molecular formula is C28H21Cl3N4O. The summed E-state index contributed by atoms with van der Waals surface area (Å²) < 4.78 is 6.50. The van der Waals surface area contributed by atoms with Gasteiger partial charge in [-0.1, -0.05) is 84.2 Å². The molecule has 0 bridgehead atoms. The molecular weight excluding hydrogens is 515 g/mol. The maximum Gasteiger partial charge on any atom is 0.254 e. The lowest BCUT2D eigenvalue weighted by Crippen LogP contribution is -2.27. The molecule has 0 amide bonds. The summed E-state index contributed by atoms with van der Waals surface area (Å²) in [5.41, 5.74) is 3.02. The molecule has 36 heavy (non-hydrogen) atoms. The van der Waals surface area contributed by atoms with E-state index in [0.29, 0.717) is 33.3 Å². The van der Waals surface area contributed by atoms with E-state index in [0.717, 1.165) is 40.8 Å². The van der Waals surface area contributed by atoms with Gasteiger partial charge in [0.15, 0.2) is 0 Å². The molecule has 1 saturated carbocycles. The zero-order chi connectivity index (χ0) is 24.9. The zero-order valence-corrected chi connectivity index (χ0v) is 21.6. The van der Waals surface area contributed by atoms with Crippen LogP contribution in [0.25, 0.3) is 5.70 Å². The quantitative estimate of drug-likeness (QED) is 0.248. The second-order valence-corrected chi connectivity index (χ2v) is 10.4. The SMILES string of the molecule is CCC1=C(c2ccc(Cl)cc2)N=NC1(c1nnc(C2(c3ccc(Cl)cc3)CC2)o1)c1ccccc1Cl. The number of halogens is 3. The Balaban J connectivity index is 1.53.